The summed E-state index contributed by atoms with van der Waals surface area (Å²) in [6.45, 7) is 17.0. The van der Waals surface area contributed by atoms with E-state index in [1.165, 1.54) is 6.42 Å². The number of carbonyl (C=O) groups is 6. The minimum Gasteiger partial charge on any atom is -0.540 e. The molecule has 6 aliphatic heterocycles. The second-order valence-electron chi connectivity index (χ2n) is 44.1. The number of ether oxygens (including phenoxy) is 9. The first-order chi connectivity index (χ1) is 65.5. The number of methoxy groups -OCH3 is 3. The monoisotopic (exact) mass is 2020 g/mol. The second-order valence-corrected chi connectivity index (χ2v) is 44.1. The number of nitrogens with zero attached hydrogens (tertiary/aromatic N) is 9. The quantitative estimate of drug-likeness (QED) is 0.0737. The average Bonchev–Trinajstić information content (AvgIpc) is 1.63. The van der Waals surface area contributed by atoms with Crippen LogP contribution in [0.25, 0.3) is 33.1 Å². The molecule has 3 aromatic carbocycles. The van der Waals surface area contributed by atoms with Crippen LogP contribution in [-0.2, 0) is 132 Å². The molecular formula is C109H144N9O18V3-3. The Balaban J connectivity index is 0.000000164. The number of aryl methyl sites for hydroxylation is 3. The summed E-state index contributed by atoms with van der Waals surface area (Å²) >= 11 is 0. The molecule has 7 aliphatic carbocycles. The fraction of sp³-hybridized carbons (Fsp3) is 0.697. The summed E-state index contributed by atoms with van der Waals surface area (Å²) < 4.78 is 54.8. The van der Waals surface area contributed by atoms with Crippen LogP contribution in [-0.4, -0.2) is 194 Å². The van der Waals surface area contributed by atoms with Crippen LogP contribution in [0.4, 0.5) is 0 Å². The maximum absolute atomic E-state index is 14.6. The number of benzene rings is 3. The van der Waals surface area contributed by atoms with Gasteiger partial charge in [0.25, 0.3) is 0 Å². The van der Waals surface area contributed by atoms with E-state index in [4.69, 9.17) is 72.5 Å². The predicted octanol–water partition coefficient (Wildman–Crippen LogP) is 18.3. The van der Waals surface area contributed by atoms with Gasteiger partial charge in [0, 0.05) is 79.8 Å². The Kier molecular flexibility index (Phi) is 35.3. The van der Waals surface area contributed by atoms with E-state index in [2.05, 4.69) is 46.6 Å². The van der Waals surface area contributed by atoms with Crippen molar-refractivity contribution >= 4 is 87.6 Å². The van der Waals surface area contributed by atoms with E-state index in [9.17, 15) is 43.2 Å². The van der Waals surface area contributed by atoms with Crippen LogP contribution >= 0.6 is 0 Å². The molecule has 10 fully saturated rings. The number of fused-ring (bicyclic) bond motifs is 17. The molecule has 0 spiro atoms. The first-order valence-corrected chi connectivity index (χ1v) is 51.8. The zero-order chi connectivity index (χ0) is 95.5. The Morgan fingerprint density at radius 1 is 0.353 bits per heavy atom. The topological polar surface area (TPSA) is 324 Å². The zero-order valence-corrected chi connectivity index (χ0v) is 87.7. The van der Waals surface area contributed by atoms with E-state index in [0.717, 1.165) is 239 Å². The minimum absolute atomic E-state index is 0. The maximum Gasteiger partial charge on any atom is 0.307 e. The largest absolute Gasteiger partial charge is 0.540 e. The Labute approximate surface area is 856 Å². The molecule has 19 rings (SSSR count). The van der Waals surface area contributed by atoms with Gasteiger partial charge >= 0.3 is 17.9 Å². The fourth-order valence-electron chi connectivity index (χ4n) is 25.9. The van der Waals surface area contributed by atoms with Crippen LogP contribution < -0.4 is 28.4 Å². The summed E-state index contributed by atoms with van der Waals surface area (Å²) in [6, 6.07) is 14.6. The van der Waals surface area contributed by atoms with Crippen LogP contribution in [0.2, 0.25) is 0 Å². The van der Waals surface area contributed by atoms with Gasteiger partial charge < -0.3 is 71.7 Å². The van der Waals surface area contributed by atoms with E-state index in [0.29, 0.717) is 100 Å². The molecule has 3 amide bonds. The molecule has 2 unspecified atom stereocenters. The molecule has 6 aromatic rings. The van der Waals surface area contributed by atoms with Crippen molar-refractivity contribution in [1.29, 1.82) is 0 Å². The van der Waals surface area contributed by atoms with Gasteiger partial charge in [-0.25, -0.2) is 48.8 Å². The van der Waals surface area contributed by atoms with Crippen LogP contribution in [0.1, 0.15) is 304 Å². The molecule has 3 aromatic heterocycles. The van der Waals surface area contributed by atoms with E-state index >= 15 is 0 Å². The Bertz CT molecular complexity index is 5260. The van der Waals surface area contributed by atoms with Crippen LogP contribution in [0.15, 0.2) is 54.6 Å². The van der Waals surface area contributed by atoms with E-state index in [-0.39, 0.29) is 170 Å². The molecule has 6 bridgehead atoms. The van der Waals surface area contributed by atoms with Gasteiger partial charge in [-0.3, -0.25) is 28.8 Å². The average molecular weight is 2020 g/mol. The number of hydrogen-bond acceptors (Lipinski definition) is 24. The summed E-state index contributed by atoms with van der Waals surface area (Å²) in [5, 5.41) is 0. The van der Waals surface area contributed by atoms with Crippen molar-refractivity contribution in [3.8, 4) is 34.9 Å². The molecule has 7 saturated carbocycles. The van der Waals surface area contributed by atoms with Crippen molar-refractivity contribution in [1.82, 2.24) is 44.6 Å². The van der Waals surface area contributed by atoms with Crippen molar-refractivity contribution in [3.05, 3.63) is 71.7 Å². The minimum atomic E-state index is -0.779. The molecule has 3 radical (unpaired) electrons. The van der Waals surface area contributed by atoms with Crippen molar-refractivity contribution < 1.29 is 141 Å². The van der Waals surface area contributed by atoms with Gasteiger partial charge in [-0.1, -0.05) is 156 Å². The first-order valence-electron chi connectivity index (χ1n) is 51.8. The predicted molar refractivity (Wildman–Crippen MR) is 511 cm³/mol. The van der Waals surface area contributed by atoms with Crippen molar-refractivity contribution in [2.45, 2.75) is 360 Å². The standard InChI is InChI=1S/C37H48N3O6.C37H50N3O6.C35H46N3O6.3V/c1-22-31(21-41)40-20-33(22)46-35-29(38-28-13-12-24(44-3)18-30(28)39-35)11-7-4-6-10-25-26-16-23(26)17-32(25)45-34(42)19-27(36(40)43)37(2)14-8-5-9-15-37;1-24-31(23-41)40-22-32(24)45-34-29(38-28-16-15-26(44-4)20-30(28)39-34)14-8-5-7-12-25-13-11-19-37(25,3)46-33(42)21-27(35(40)43)36(2)17-9-6-10-18-36;1-22-29(21-39)38-20-30(22)43-32-27(36-26-14-13-24(42-4)17-28(26)37-32)12-8-5-7-11-23-19-35(23,3)44-31(40)18-25(33(38)41)34(2)15-9-6-10-16-34;;;/h12-13,18,22-23,25-27,31-33H,4-11,14-17,19-20H2,1-3H3;15-16,20,24-25,27,31-32H,5-14,17-19,21-22H2,1-4H3;13-14,17,22-23,25,29-30H,5-12,15-16,18-20H2,1-4H3;;;/q3*-1;;;/t22-,23?,25+,26?,27+,31+,32+,33-;24-,25+,27+,31+,32-,37+;22-,23+,25+,29+,30-,35+;;;/m000.../s1. The van der Waals surface area contributed by atoms with Crippen LogP contribution in [0, 0.1) is 81.3 Å². The Morgan fingerprint density at radius 3 is 1.06 bits per heavy atom. The summed E-state index contributed by atoms with van der Waals surface area (Å²) in [6.07, 6.45) is 40.1. The van der Waals surface area contributed by atoms with Gasteiger partial charge in [-0.15, -0.1) is 0 Å². The SMILES string of the molecule is COc1ccc2nc3c(nc2c1)O[C@H]1CN(C(=O)[C@H](C2(C)CCCCC2)CC(=O)O[C@@H]2CC4CC4[C@H]2CCCCC3)[C@H]([C-]=O)[C@@H]1C.COc1ccc2nc3c(nc2c1)O[C@H]1CN(C(=O)[C@H](C2(C)CCCCC2)CC(=O)O[C@]2(C)CCC[C@H]2CCCCC3)[C@H]([C-]=O)[C@@H]1C.COc1ccc2nc3c(nc2c1)O[C@H]1CN(C(=O)[C@H](C2(C)CCCCC2)CC(=O)O[C@]2(C)C[C@H]2CCCCC3)[C@H]([C-]=O)[C@@H]1C.[V].[V].[V]. The summed E-state index contributed by atoms with van der Waals surface area (Å²) in [4.78, 5) is 156. The zero-order valence-electron chi connectivity index (χ0n) is 83.5. The van der Waals surface area contributed by atoms with Gasteiger partial charge in [-0.2, -0.15) is 0 Å². The summed E-state index contributed by atoms with van der Waals surface area (Å²) in [7, 11) is 4.86. The molecule has 751 valence electrons. The van der Waals surface area contributed by atoms with Crippen molar-refractivity contribution in [2.24, 2.45) is 81.3 Å². The molecule has 30 heteroatoms. The third kappa shape index (κ3) is 23.5. The molecule has 9 heterocycles. The number of hydrogen-bond donors (Lipinski definition) is 0. The number of amides is 3. The molecular weight excluding hydrogens is 1880 g/mol. The molecule has 3 saturated heterocycles. The van der Waals surface area contributed by atoms with Crippen molar-refractivity contribution in [2.75, 3.05) is 41.0 Å². The maximum atomic E-state index is 14.6. The third-order valence-corrected chi connectivity index (χ3v) is 35.0. The Morgan fingerprint density at radius 2 is 0.691 bits per heavy atom. The van der Waals surface area contributed by atoms with Gasteiger partial charge in [0.2, 0.25) is 35.4 Å². The smallest absolute Gasteiger partial charge is 0.307 e. The van der Waals surface area contributed by atoms with Crippen LogP contribution in [0.3, 0.4) is 0 Å². The van der Waals surface area contributed by atoms with Gasteiger partial charge in [0.1, 0.15) is 69.9 Å². The molecule has 139 heavy (non-hydrogen) atoms. The number of aromatic nitrogens is 6. The van der Waals surface area contributed by atoms with Crippen LogP contribution in [0.5, 0.6) is 34.9 Å². The van der Waals surface area contributed by atoms with Gasteiger partial charge in [0.15, 0.2) is 0 Å². The normalized spacial score (nSPS) is 32.6. The molecule has 13 aliphatic rings. The van der Waals surface area contributed by atoms with E-state index < -0.39 is 65.4 Å². The summed E-state index contributed by atoms with van der Waals surface area (Å²) in [5.41, 5.74) is 4.69. The van der Waals surface area contributed by atoms with Gasteiger partial charge in [-0.05, 0) is 243 Å². The number of esters is 3. The second kappa shape index (κ2) is 46.0. The molecule has 27 nitrogen and oxygen atoms in total. The fourth-order valence-corrected chi connectivity index (χ4v) is 25.9. The van der Waals surface area contributed by atoms with Gasteiger partial charge in [0.05, 0.1) is 111 Å². The van der Waals surface area contributed by atoms with E-state index in [1.54, 1.807) is 36.0 Å². The molecule has 20 atom stereocenters. The summed E-state index contributed by atoms with van der Waals surface area (Å²) in [5.74, 6) is 1.76. The first kappa shape index (κ1) is 107. The number of rotatable bonds is 9. The third-order valence-electron chi connectivity index (χ3n) is 35.0. The van der Waals surface area contributed by atoms with Crippen molar-refractivity contribution in [3.63, 3.8) is 0 Å². The number of carbonyl (C=O) groups excluding carboxylic acids is 9. The van der Waals surface area contributed by atoms with E-state index in [1.807, 2.05) is 82.3 Å². The Hall–Kier alpha value is -7.94. The molecule has 0 N–H and O–H groups in total.